The zero-order valence-corrected chi connectivity index (χ0v) is 21.9. The van der Waals surface area contributed by atoms with Crippen molar-refractivity contribution in [1.82, 2.24) is 4.98 Å². The number of anilines is 4. The van der Waals surface area contributed by atoms with Gasteiger partial charge >= 0.3 is 0 Å². The van der Waals surface area contributed by atoms with Gasteiger partial charge in [-0.05, 0) is 61.4 Å². The molecule has 2 aromatic rings. The number of aromatic nitrogens is 1. The number of hydrogen-bond acceptors (Lipinski definition) is 8. The van der Waals surface area contributed by atoms with Gasteiger partial charge < -0.3 is 25.0 Å². The number of nitrogens with one attached hydrogen (secondary N) is 2. The Morgan fingerprint density at radius 1 is 1.11 bits per heavy atom. The molecule has 1 amide bonds. The van der Waals surface area contributed by atoms with E-state index in [1.807, 2.05) is 0 Å². The molecule has 206 valence electrons. The van der Waals surface area contributed by atoms with Crippen molar-refractivity contribution in [3.05, 3.63) is 36.0 Å². The highest BCUT2D eigenvalue weighted by Gasteiger charge is 2.46. The quantitative estimate of drug-likeness (QED) is 0.435. The summed E-state index contributed by atoms with van der Waals surface area (Å²) in [6.45, 7) is 0.0233. The lowest BCUT2D eigenvalue weighted by molar-refractivity contribution is -0.0269. The van der Waals surface area contributed by atoms with Gasteiger partial charge in [-0.3, -0.25) is 9.52 Å². The molecule has 3 heterocycles. The lowest BCUT2D eigenvalue weighted by atomic mass is 9.93. The van der Waals surface area contributed by atoms with Gasteiger partial charge in [-0.25, -0.2) is 22.2 Å². The van der Waals surface area contributed by atoms with Crippen molar-refractivity contribution in [1.29, 1.82) is 0 Å². The Morgan fingerprint density at radius 2 is 1.82 bits per heavy atom. The summed E-state index contributed by atoms with van der Waals surface area (Å²) in [7, 11) is -2.32. The van der Waals surface area contributed by atoms with Crippen molar-refractivity contribution >= 4 is 38.8 Å². The maximum absolute atomic E-state index is 13.5. The Labute approximate surface area is 220 Å². The van der Waals surface area contributed by atoms with Crippen LogP contribution in [0.1, 0.15) is 36.2 Å². The topological polar surface area (TPSA) is 124 Å². The fourth-order valence-electron chi connectivity index (χ4n) is 5.01. The molecule has 1 spiro atoms. The first-order chi connectivity index (χ1) is 18.0. The first-order valence-electron chi connectivity index (χ1n) is 12.5. The standard InChI is InChI=1S/C25H31F2N5O5S/c1-37-21-5-4-19(28-22(21)32-15-25(26,27)16-32)23(34)29-18-3-2-17(30-38(35,36)13-12-33)14-20(18)31-10-8-24(6-7-24)9-11-31/h2-5,14,30,33H,6-13,15-16H2,1H3,(H,29,34). The summed E-state index contributed by atoms with van der Waals surface area (Å²) in [5, 5.41) is 11.9. The molecule has 2 aliphatic heterocycles. The Morgan fingerprint density at radius 3 is 2.42 bits per heavy atom. The number of sulfonamides is 1. The van der Waals surface area contributed by atoms with Crippen molar-refractivity contribution in [3.8, 4) is 5.75 Å². The monoisotopic (exact) mass is 551 g/mol. The van der Waals surface area contributed by atoms with Crippen LogP contribution < -0.4 is 24.6 Å². The number of alkyl halides is 2. The Kier molecular flexibility index (Phi) is 6.84. The van der Waals surface area contributed by atoms with E-state index in [0.29, 0.717) is 28.2 Å². The van der Waals surface area contributed by atoms with E-state index in [4.69, 9.17) is 9.84 Å². The average Bonchev–Trinajstić information content (AvgIpc) is 3.61. The third-order valence-electron chi connectivity index (χ3n) is 7.44. The molecule has 38 heavy (non-hydrogen) atoms. The Hall–Kier alpha value is -3.19. The van der Waals surface area contributed by atoms with Crippen LogP contribution in [0.25, 0.3) is 0 Å². The van der Waals surface area contributed by atoms with Crippen LogP contribution in [0.15, 0.2) is 30.3 Å². The predicted molar refractivity (Wildman–Crippen MR) is 140 cm³/mol. The normalized spacial score (nSPS) is 19.6. The summed E-state index contributed by atoms with van der Waals surface area (Å²) in [5.74, 6) is -3.31. The number of pyridine rings is 1. The van der Waals surface area contributed by atoms with Gasteiger partial charge in [-0.2, -0.15) is 0 Å². The number of amides is 1. The van der Waals surface area contributed by atoms with E-state index < -0.39 is 47.3 Å². The second-order valence-corrected chi connectivity index (χ2v) is 12.1. The molecule has 0 unspecified atom stereocenters. The lowest BCUT2D eigenvalue weighted by Gasteiger charge is -2.40. The molecule has 5 rings (SSSR count). The van der Waals surface area contributed by atoms with Crippen LogP contribution >= 0.6 is 0 Å². The van der Waals surface area contributed by atoms with Crippen LogP contribution in [0.4, 0.5) is 31.7 Å². The van der Waals surface area contributed by atoms with E-state index in [1.165, 1.54) is 43.1 Å². The van der Waals surface area contributed by atoms with Crippen molar-refractivity contribution in [2.45, 2.75) is 31.6 Å². The van der Waals surface area contributed by atoms with E-state index in [-0.39, 0.29) is 11.5 Å². The van der Waals surface area contributed by atoms with Crippen molar-refractivity contribution in [2.75, 3.05) is 65.5 Å². The van der Waals surface area contributed by atoms with Gasteiger partial charge in [-0.15, -0.1) is 0 Å². The van der Waals surface area contributed by atoms with Gasteiger partial charge in [0.1, 0.15) is 5.69 Å². The number of carbonyl (C=O) groups excluding carboxylic acids is 1. The number of methoxy groups -OCH3 is 1. The van der Waals surface area contributed by atoms with E-state index in [9.17, 15) is 22.0 Å². The number of halogens is 2. The van der Waals surface area contributed by atoms with Gasteiger partial charge in [-0.1, -0.05) is 0 Å². The molecular formula is C25H31F2N5O5S. The SMILES string of the molecule is COc1ccc(C(=O)Nc2ccc(NS(=O)(=O)CCO)cc2N2CCC3(CC2)CC3)nc1N1CC(F)(F)C1. The molecule has 3 fully saturated rings. The third kappa shape index (κ3) is 5.63. The second-order valence-electron chi connectivity index (χ2n) is 10.3. The largest absolute Gasteiger partial charge is 0.493 e. The van der Waals surface area contributed by atoms with E-state index >= 15 is 0 Å². The highest BCUT2D eigenvalue weighted by Crippen LogP contribution is 2.54. The van der Waals surface area contributed by atoms with Crippen LogP contribution in [0, 0.1) is 5.41 Å². The van der Waals surface area contributed by atoms with Gasteiger partial charge in [0.25, 0.3) is 11.8 Å². The van der Waals surface area contributed by atoms with Crippen LogP contribution in [0.5, 0.6) is 5.75 Å². The third-order valence-corrected chi connectivity index (χ3v) is 8.70. The number of benzene rings is 1. The summed E-state index contributed by atoms with van der Waals surface area (Å²) in [4.78, 5) is 21.0. The number of piperidine rings is 1. The molecule has 2 saturated heterocycles. The number of nitrogens with zero attached hydrogens (tertiary/aromatic N) is 3. The maximum atomic E-state index is 13.5. The molecule has 0 radical (unpaired) electrons. The van der Waals surface area contributed by atoms with Crippen molar-refractivity contribution in [3.63, 3.8) is 0 Å². The average molecular weight is 552 g/mol. The van der Waals surface area contributed by atoms with E-state index in [1.54, 1.807) is 12.1 Å². The molecule has 1 aromatic carbocycles. The second kappa shape index (κ2) is 9.84. The summed E-state index contributed by atoms with van der Waals surface area (Å²) in [6, 6.07) is 7.81. The van der Waals surface area contributed by atoms with E-state index in [0.717, 1.165) is 25.9 Å². The number of aliphatic hydroxyl groups excluding tert-OH is 1. The van der Waals surface area contributed by atoms with Gasteiger partial charge in [0, 0.05) is 13.1 Å². The lowest BCUT2D eigenvalue weighted by Crippen LogP contribution is -2.56. The number of carbonyl (C=O) groups is 1. The van der Waals surface area contributed by atoms with Crippen molar-refractivity contribution < 1.29 is 31.8 Å². The maximum Gasteiger partial charge on any atom is 0.282 e. The van der Waals surface area contributed by atoms with Crippen molar-refractivity contribution in [2.24, 2.45) is 5.41 Å². The summed E-state index contributed by atoms with van der Waals surface area (Å²) in [5.41, 5.74) is 1.90. The minimum atomic E-state index is -3.73. The smallest absolute Gasteiger partial charge is 0.282 e. The number of ether oxygens (including phenoxy) is 1. The number of rotatable bonds is 9. The number of hydrogen-bond donors (Lipinski definition) is 3. The zero-order valence-electron chi connectivity index (χ0n) is 21.0. The van der Waals surface area contributed by atoms with Crippen LogP contribution in [-0.2, 0) is 10.0 Å². The minimum Gasteiger partial charge on any atom is -0.493 e. The minimum absolute atomic E-state index is 0.0327. The van der Waals surface area contributed by atoms with Crippen LogP contribution in [0.2, 0.25) is 0 Å². The van der Waals surface area contributed by atoms with Gasteiger partial charge in [0.2, 0.25) is 10.0 Å². The van der Waals surface area contributed by atoms with Crippen LogP contribution in [0.3, 0.4) is 0 Å². The Bertz CT molecular complexity index is 1320. The molecule has 3 N–H and O–H groups in total. The molecule has 10 nitrogen and oxygen atoms in total. The first-order valence-corrected chi connectivity index (χ1v) is 14.2. The fourth-order valence-corrected chi connectivity index (χ4v) is 5.84. The summed E-state index contributed by atoms with van der Waals surface area (Å²) >= 11 is 0. The highest BCUT2D eigenvalue weighted by atomic mass is 32.2. The molecule has 1 saturated carbocycles. The van der Waals surface area contributed by atoms with E-state index in [2.05, 4.69) is 19.9 Å². The molecule has 13 heteroatoms. The molecule has 3 aliphatic rings. The molecular weight excluding hydrogens is 520 g/mol. The van der Waals surface area contributed by atoms with Gasteiger partial charge in [0.05, 0.1) is 49.6 Å². The predicted octanol–water partition coefficient (Wildman–Crippen LogP) is 2.91. The first kappa shape index (κ1) is 26.4. The Balaban J connectivity index is 1.40. The molecule has 1 aliphatic carbocycles. The molecule has 0 bridgehead atoms. The summed E-state index contributed by atoms with van der Waals surface area (Å²) in [6.07, 6.45) is 4.48. The highest BCUT2D eigenvalue weighted by molar-refractivity contribution is 7.92. The summed E-state index contributed by atoms with van der Waals surface area (Å²) < 4.78 is 59.1. The molecule has 1 aromatic heterocycles. The van der Waals surface area contributed by atoms with Crippen LogP contribution in [-0.4, -0.2) is 76.0 Å². The molecule has 0 atom stereocenters. The fraction of sp³-hybridized carbons (Fsp3) is 0.520. The zero-order chi connectivity index (χ0) is 27.1. The number of aliphatic hydroxyl groups is 1. The van der Waals surface area contributed by atoms with Gasteiger partial charge in [0.15, 0.2) is 11.6 Å².